The molecule has 1 saturated heterocycles. The maximum atomic E-state index is 12.6. The van der Waals surface area contributed by atoms with Crippen LogP contribution in [0.15, 0.2) is 36.7 Å². The molecule has 1 N–H and O–H groups in total. The molecule has 0 saturated carbocycles. The Morgan fingerprint density at radius 1 is 1.22 bits per heavy atom. The summed E-state index contributed by atoms with van der Waals surface area (Å²) in [6.07, 6.45) is 5.35. The number of piperidine rings is 1. The van der Waals surface area contributed by atoms with Crippen LogP contribution in [0.25, 0.3) is 0 Å². The second-order valence-electron chi connectivity index (χ2n) is 6.12. The van der Waals surface area contributed by atoms with Gasteiger partial charge in [0.15, 0.2) is 0 Å². The van der Waals surface area contributed by atoms with E-state index in [-0.39, 0.29) is 11.8 Å². The lowest BCUT2D eigenvalue weighted by Crippen LogP contribution is -2.41. The summed E-state index contributed by atoms with van der Waals surface area (Å²) in [7, 11) is 0. The molecule has 0 unspecified atom stereocenters. The SMILES string of the molecule is Cc1ccc(NC(=O)[C@@H]2CCCN(c3ncccn3)C2)cc1C. The van der Waals surface area contributed by atoms with Gasteiger partial charge in [-0.3, -0.25) is 4.79 Å². The van der Waals surface area contributed by atoms with Gasteiger partial charge >= 0.3 is 0 Å². The van der Waals surface area contributed by atoms with Crippen LogP contribution in [-0.2, 0) is 4.79 Å². The van der Waals surface area contributed by atoms with E-state index in [0.29, 0.717) is 12.5 Å². The van der Waals surface area contributed by atoms with Crippen molar-refractivity contribution in [3.63, 3.8) is 0 Å². The molecule has 0 radical (unpaired) electrons. The van der Waals surface area contributed by atoms with Crippen LogP contribution in [0, 0.1) is 19.8 Å². The number of hydrogen-bond donors (Lipinski definition) is 1. The van der Waals surface area contributed by atoms with Crippen LogP contribution in [0.1, 0.15) is 24.0 Å². The van der Waals surface area contributed by atoms with Crippen LogP contribution >= 0.6 is 0 Å². The number of aryl methyl sites for hydroxylation is 2. The quantitative estimate of drug-likeness (QED) is 0.947. The molecule has 0 bridgehead atoms. The summed E-state index contributed by atoms with van der Waals surface area (Å²) in [6, 6.07) is 7.82. The van der Waals surface area contributed by atoms with E-state index in [2.05, 4.69) is 34.0 Å². The number of nitrogens with zero attached hydrogens (tertiary/aromatic N) is 3. The number of aromatic nitrogens is 2. The minimum absolute atomic E-state index is 0.0332. The van der Waals surface area contributed by atoms with Gasteiger partial charge in [0.1, 0.15) is 0 Å². The number of benzene rings is 1. The largest absolute Gasteiger partial charge is 0.340 e. The monoisotopic (exact) mass is 310 g/mol. The van der Waals surface area contributed by atoms with E-state index >= 15 is 0 Å². The van der Waals surface area contributed by atoms with Crippen LogP contribution in [0.2, 0.25) is 0 Å². The van der Waals surface area contributed by atoms with Crippen LogP contribution < -0.4 is 10.2 Å². The van der Waals surface area contributed by atoms with Gasteiger partial charge in [-0.1, -0.05) is 6.07 Å². The maximum absolute atomic E-state index is 12.6. The molecule has 5 nitrogen and oxygen atoms in total. The predicted molar refractivity (Wildman–Crippen MR) is 91.5 cm³/mol. The third kappa shape index (κ3) is 3.67. The van der Waals surface area contributed by atoms with Crippen molar-refractivity contribution in [1.29, 1.82) is 0 Å². The number of hydrogen-bond acceptors (Lipinski definition) is 4. The topological polar surface area (TPSA) is 58.1 Å². The first-order valence-corrected chi connectivity index (χ1v) is 8.03. The van der Waals surface area contributed by atoms with Crippen molar-refractivity contribution in [3.05, 3.63) is 47.8 Å². The molecule has 0 aliphatic carbocycles. The van der Waals surface area contributed by atoms with Gasteiger partial charge in [-0.2, -0.15) is 0 Å². The lowest BCUT2D eigenvalue weighted by Gasteiger charge is -2.31. The van der Waals surface area contributed by atoms with Gasteiger partial charge in [-0.05, 0) is 56.0 Å². The summed E-state index contributed by atoms with van der Waals surface area (Å²) in [4.78, 5) is 23.2. The Kier molecular flexibility index (Phi) is 4.55. The second-order valence-corrected chi connectivity index (χ2v) is 6.12. The van der Waals surface area contributed by atoms with Crippen LogP contribution in [0.4, 0.5) is 11.6 Å². The Balaban J connectivity index is 1.66. The van der Waals surface area contributed by atoms with E-state index in [4.69, 9.17) is 0 Å². The molecule has 1 aromatic carbocycles. The smallest absolute Gasteiger partial charge is 0.229 e. The molecule has 1 aromatic heterocycles. The minimum atomic E-state index is -0.0332. The molecule has 1 fully saturated rings. The Hall–Kier alpha value is -2.43. The Bertz CT molecular complexity index is 687. The fourth-order valence-electron chi connectivity index (χ4n) is 2.89. The van der Waals surface area contributed by atoms with Crippen molar-refractivity contribution < 1.29 is 4.79 Å². The number of nitrogens with one attached hydrogen (secondary N) is 1. The normalized spacial score (nSPS) is 17.8. The summed E-state index contributed by atoms with van der Waals surface area (Å²) in [5.41, 5.74) is 3.28. The van der Waals surface area contributed by atoms with Gasteiger partial charge in [0, 0.05) is 31.2 Å². The average Bonchev–Trinajstić information content (AvgIpc) is 2.59. The summed E-state index contributed by atoms with van der Waals surface area (Å²) < 4.78 is 0. The summed E-state index contributed by atoms with van der Waals surface area (Å²) in [6.45, 7) is 5.69. The predicted octanol–water partition coefficient (Wildman–Crippen LogP) is 2.95. The van der Waals surface area contributed by atoms with Gasteiger partial charge in [-0.15, -0.1) is 0 Å². The molecule has 1 amide bonds. The van der Waals surface area contributed by atoms with Crippen LogP contribution in [0.5, 0.6) is 0 Å². The highest BCUT2D eigenvalue weighted by atomic mass is 16.1. The minimum Gasteiger partial charge on any atom is -0.340 e. The first-order chi connectivity index (χ1) is 11.1. The van der Waals surface area contributed by atoms with Crippen molar-refractivity contribution in [2.24, 2.45) is 5.92 Å². The molecule has 1 aliphatic heterocycles. The summed E-state index contributed by atoms with van der Waals surface area (Å²) in [5.74, 6) is 0.749. The standard InChI is InChI=1S/C18H22N4O/c1-13-6-7-16(11-14(13)2)21-17(23)15-5-3-10-22(12-15)18-19-8-4-9-20-18/h4,6-9,11,15H,3,5,10,12H2,1-2H3,(H,21,23)/t15-/m1/s1. The fourth-order valence-corrected chi connectivity index (χ4v) is 2.89. The molecule has 2 aromatic rings. The van der Waals surface area contributed by atoms with Crippen molar-refractivity contribution in [1.82, 2.24) is 9.97 Å². The third-order valence-corrected chi connectivity index (χ3v) is 4.40. The first kappa shape index (κ1) is 15.5. The molecule has 0 spiro atoms. The number of amides is 1. The lowest BCUT2D eigenvalue weighted by atomic mass is 9.97. The third-order valence-electron chi connectivity index (χ3n) is 4.40. The van der Waals surface area contributed by atoms with Crippen molar-refractivity contribution >= 4 is 17.5 Å². The van der Waals surface area contributed by atoms with E-state index in [9.17, 15) is 4.79 Å². The van der Waals surface area contributed by atoms with Gasteiger partial charge in [0.25, 0.3) is 0 Å². The molecular weight excluding hydrogens is 288 g/mol. The van der Waals surface area contributed by atoms with Gasteiger partial charge in [0.2, 0.25) is 11.9 Å². The summed E-state index contributed by atoms with van der Waals surface area (Å²) in [5, 5.41) is 3.05. The van der Waals surface area contributed by atoms with Gasteiger partial charge in [0.05, 0.1) is 5.92 Å². The van der Waals surface area contributed by atoms with Crippen molar-refractivity contribution in [2.45, 2.75) is 26.7 Å². The number of carbonyl (C=O) groups is 1. The van der Waals surface area contributed by atoms with E-state index in [1.807, 2.05) is 18.2 Å². The first-order valence-electron chi connectivity index (χ1n) is 8.03. The van der Waals surface area contributed by atoms with Crippen LogP contribution in [-0.4, -0.2) is 29.0 Å². The van der Waals surface area contributed by atoms with E-state index in [1.165, 1.54) is 11.1 Å². The number of rotatable bonds is 3. The highest BCUT2D eigenvalue weighted by molar-refractivity contribution is 5.93. The van der Waals surface area contributed by atoms with Crippen LogP contribution in [0.3, 0.4) is 0 Å². The van der Waals surface area contributed by atoms with E-state index in [0.717, 1.165) is 25.1 Å². The molecule has 1 aliphatic rings. The molecule has 23 heavy (non-hydrogen) atoms. The maximum Gasteiger partial charge on any atom is 0.229 e. The average molecular weight is 310 g/mol. The Morgan fingerprint density at radius 2 is 2.00 bits per heavy atom. The zero-order valence-electron chi connectivity index (χ0n) is 13.6. The zero-order chi connectivity index (χ0) is 16.2. The Morgan fingerprint density at radius 3 is 2.74 bits per heavy atom. The fraction of sp³-hybridized carbons (Fsp3) is 0.389. The van der Waals surface area contributed by atoms with Gasteiger partial charge < -0.3 is 10.2 Å². The van der Waals surface area contributed by atoms with Crippen molar-refractivity contribution in [3.8, 4) is 0 Å². The lowest BCUT2D eigenvalue weighted by molar-refractivity contribution is -0.120. The number of carbonyl (C=O) groups excluding carboxylic acids is 1. The van der Waals surface area contributed by atoms with E-state index < -0.39 is 0 Å². The highest BCUT2D eigenvalue weighted by Gasteiger charge is 2.27. The number of anilines is 2. The molecule has 1 atom stereocenters. The molecule has 120 valence electrons. The summed E-state index contributed by atoms with van der Waals surface area (Å²) >= 11 is 0. The van der Waals surface area contributed by atoms with E-state index in [1.54, 1.807) is 18.5 Å². The highest BCUT2D eigenvalue weighted by Crippen LogP contribution is 2.22. The molecule has 3 rings (SSSR count). The Labute approximate surface area is 136 Å². The second kappa shape index (κ2) is 6.77. The molecule has 2 heterocycles. The molecular formula is C18H22N4O. The zero-order valence-corrected chi connectivity index (χ0v) is 13.6. The molecule has 5 heteroatoms. The van der Waals surface area contributed by atoms with Crippen molar-refractivity contribution in [2.75, 3.05) is 23.3 Å². The van der Waals surface area contributed by atoms with Gasteiger partial charge in [-0.25, -0.2) is 9.97 Å².